The van der Waals surface area contributed by atoms with Crippen molar-refractivity contribution in [3.05, 3.63) is 34.9 Å². The molecule has 5 nitrogen and oxygen atoms in total. The summed E-state index contributed by atoms with van der Waals surface area (Å²) in [5, 5.41) is 7.64. The highest BCUT2D eigenvalue weighted by atomic mass is 127. The van der Waals surface area contributed by atoms with Crippen molar-refractivity contribution < 1.29 is 4.74 Å². The van der Waals surface area contributed by atoms with Gasteiger partial charge in [-0.2, -0.15) is 0 Å². The molecule has 0 unspecified atom stereocenters. The Morgan fingerprint density at radius 2 is 2.00 bits per heavy atom. The number of benzene rings is 1. The highest BCUT2D eigenvalue weighted by molar-refractivity contribution is 14.0. The molecule has 7 heteroatoms. The number of nitrogens with one attached hydrogen (secondary N) is 2. The highest BCUT2D eigenvalue weighted by Crippen LogP contribution is 2.22. The van der Waals surface area contributed by atoms with E-state index in [4.69, 9.17) is 16.3 Å². The minimum Gasteiger partial charge on any atom is -0.379 e. The largest absolute Gasteiger partial charge is 0.379 e. The zero-order chi connectivity index (χ0) is 18.1. The van der Waals surface area contributed by atoms with Crippen molar-refractivity contribution in [2.24, 2.45) is 10.4 Å². The van der Waals surface area contributed by atoms with Gasteiger partial charge in [-0.15, -0.1) is 24.0 Å². The summed E-state index contributed by atoms with van der Waals surface area (Å²) in [6, 6.07) is 8.09. The molecule has 0 bridgehead atoms. The zero-order valence-electron chi connectivity index (χ0n) is 16.1. The molecule has 2 rings (SSSR count). The summed E-state index contributed by atoms with van der Waals surface area (Å²) in [6.45, 7) is 10.9. The van der Waals surface area contributed by atoms with Crippen LogP contribution in [0.3, 0.4) is 0 Å². The molecule has 0 aliphatic carbocycles. The number of aliphatic imine (C=N–C) groups is 1. The maximum absolute atomic E-state index is 6.09. The number of morpholine rings is 1. The molecule has 1 fully saturated rings. The third-order valence-electron chi connectivity index (χ3n) is 4.35. The fraction of sp³-hybridized carbons (Fsp3) is 0.632. The number of halogens is 2. The van der Waals surface area contributed by atoms with E-state index in [0.717, 1.165) is 63.3 Å². The average molecular weight is 495 g/mol. The SMILES string of the molecule is CN=C(NCCN1CCOCC1)NCC(C)(C)Cc1cccc(Cl)c1.I. The summed E-state index contributed by atoms with van der Waals surface area (Å²) in [4.78, 5) is 6.73. The summed E-state index contributed by atoms with van der Waals surface area (Å²) in [7, 11) is 1.81. The van der Waals surface area contributed by atoms with Gasteiger partial charge < -0.3 is 15.4 Å². The van der Waals surface area contributed by atoms with Crippen LogP contribution in [0.2, 0.25) is 5.02 Å². The number of ether oxygens (including phenoxy) is 1. The Labute approximate surface area is 179 Å². The van der Waals surface area contributed by atoms with Gasteiger partial charge in [0.25, 0.3) is 0 Å². The van der Waals surface area contributed by atoms with Crippen molar-refractivity contribution >= 4 is 41.5 Å². The standard InChI is InChI=1S/C19H31ClN4O.HI/c1-19(2,14-16-5-4-6-17(20)13-16)15-23-18(21-3)22-7-8-24-9-11-25-12-10-24;/h4-6,13H,7-12,14-15H2,1-3H3,(H2,21,22,23);1H. The molecule has 1 aliphatic heterocycles. The minimum atomic E-state index is 0. The number of guanidine groups is 1. The van der Waals surface area contributed by atoms with Crippen molar-refractivity contribution in [3.63, 3.8) is 0 Å². The van der Waals surface area contributed by atoms with Gasteiger partial charge in [0, 0.05) is 44.8 Å². The Hall–Kier alpha value is -0.570. The molecule has 0 atom stereocenters. The van der Waals surface area contributed by atoms with Crippen LogP contribution >= 0.6 is 35.6 Å². The number of hydrogen-bond donors (Lipinski definition) is 2. The Bertz CT molecular complexity index is 562. The zero-order valence-corrected chi connectivity index (χ0v) is 19.1. The van der Waals surface area contributed by atoms with Gasteiger partial charge in [-0.05, 0) is 29.5 Å². The lowest BCUT2D eigenvalue weighted by atomic mass is 9.86. The van der Waals surface area contributed by atoms with E-state index < -0.39 is 0 Å². The third kappa shape index (κ3) is 8.88. The molecule has 0 spiro atoms. The summed E-state index contributed by atoms with van der Waals surface area (Å²) in [6.07, 6.45) is 0.964. The molecule has 1 aliphatic rings. The smallest absolute Gasteiger partial charge is 0.191 e. The first kappa shape index (κ1) is 23.5. The fourth-order valence-electron chi connectivity index (χ4n) is 2.96. The molecule has 1 aromatic rings. The maximum Gasteiger partial charge on any atom is 0.191 e. The van der Waals surface area contributed by atoms with Crippen LogP contribution in [0.15, 0.2) is 29.3 Å². The summed E-state index contributed by atoms with van der Waals surface area (Å²) in [5.74, 6) is 0.854. The van der Waals surface area contributed by atoms with Crippen molar-refractivity contribution in [2.45, 2.75) is 20.3 Å². The second-order valence-corrected chi connectivity index (χ2v) is 7.71. The first-order valence-corrected chi connectivity index (χ1v) is 9.35. The van der Waals surface area contributed by atoms with Crippen molar-refractivity contribution in [1.82, 2.24) is 15.5 Å². The Morgan fingerprint density at radius 1 is 1.27 bits per heavy atom. The van der Waals surface area contributed by atoms with Crippen molar-refractivity contribution in [3.8, 4) is 0 Å². The lowest BCUT2D eigenvalue weighted by molar-refractivity contribution is 0.0389. The van der Waals surface area contributed by atoms with Gasteiger partial charge in [0.05, 0.1) is 13.2 Å². The molecule has 1 saturated heterocycles. The minimum absolute atomic E-state index is 0. The quantitative estimate of drug-likeness (QED) is 0.348. The van der Waals surface area contributed by atoms with E-state index in [2.05, 4.69) is 40.4 Å². The van der Waals surface area contributed by atoms with Crippen molar-refractivity contribution in [1.29, 1.82) is 0 Å². The molecule has 26 heavy (non-hydrogen) atoms. The van der Waals surface area contributed by atoms with Gasteiger partial charge in [0.15, 0.2) is 5.96 Å². The third-order valence-corrected chi connectivity index (χ3v) is 4.59. The van der Waals surface area contributed by atoms with Gasteiger partial charge >= 0.3 is 0 Å². The molecule has 1 aromatic carbocycles. The Kier molecular flexibility index (Phi) is 10.8. The molecular weight excluding hydrogens is 463 g/mol. The molecule has 1 heterocycles. The fourth-order valence-corrected chi connectivity index (χ4v) is 3.18. The number of rotatable bonds is 7. The van der Waals surface area contributed by atoms with Crippen LogP contribution < -0.4 is 10.6 Å². The van der Waals surface area contributed by atoms with E-state index >= 15 is 0 Å². The lowest BCUT2D eigenvalue weighted by Gasteiger charge is -2.28. The molecular formula is C19H32ClIN4O. The van der Waals surface area contributed by atoms with Crippen LogP contribution in [0.5, 0.6) is 0 Å². The highest BCUT2D eigenvalue weighted by Gasteiger charge is 2.19. The first-order valence-electron chi connectivity index (χ1n) is 8.97. The molecule has 148 valence electrons. The van der Waals surface area contributed by atoms with E-state index in [9.17, 15) is 0 Å². The van der Waals surface area contributed by atoms with Gasteiger partial charge in [-0.3, -0.25) is 9.89 Å². The second kappa shape index (κ2) is 12.0. The topological polar surface area (TPSA) is 48.9 Å². The first-order chi connectivity index (χ1) is 12.0. The molecule has 0 aromatic heterocycles. The number of hydrogen-bond acceptors (Lipinski definition) is 3. The average Bonchev–Trinajstić information content (AvgIpc) is 2.58. The van der Waals surface area contributed by atoms with Gasteiger partial charge in [-0.25, -0.2) is 0 Å². The summed E-state index contributed by atoms with van der Waals surface area (Å²) < 4.78 is 5.37. The van der Waals surface area contributed by atoms with Crippen LogP contribution in [0.4, 0.5) is 0 Å². The monoisotopic (exact) mass is 494 g/mol. The van der Waals surface area contributed by atoms with Crippen LogP contribution in [0, 0.1) is 5.41 Å². The summed E-state index contributed by atoms with van der Waals surface area (Å²) >= 11 is 6.09. The van der Waals surface area contributed by atoms with Crippen LogP contribution in [-0.4, -0.2) is 63.8 Å². The van der Waals surface area contributed by atoms with Gasteiger partial charge in [0.2, 0.25) is 0 Å². The van der Waals surface area contributed by atoms with E-state index in [1.54, 1.807) is 0 Å². The molecule has 0 amide bonds. The normalized spacial score (nSPS) is 16.1. The van der Waals surface area contributed by atoms with E-state index in [1.807, 2.05) is 25.2 Å². The maximum atomic E-state index is 6.09. The molecule has 0 saturated carbocycles. The number of nitrogens with zero attached hydrogens (tertiary/aromatic N) is 2. The van der Waals surface area contributed by atoms with E-state index in [0.29, 0.717) is 0 Å². The van der Waals surface area contributed by atoms with Gasteiger partial charge in [-0.1, -0.05) is 37.6 Å². The molecule has 2 N–H and O–H groups in total. The van der Waals surface area contributed by atoms with E-state index in [-0.39, 0.29) is 29.4 Å². The lowest BCUT2D eigenvalue weighted by Crippen LogP contribution is -2.46. The Balaban J connectivity index is 0.00000338. The van der Waals surface area contributed by atoms with Crippen LogP contribution in [-0.2, 0) is 11.2 Å². The Morgan fingerprint density at radius 3 is 2.65 bits per heavy atom. The summed E-state index contributed by atoms with van der Waals surface area (Å²) in [5.41, 5.74) is 1.36. The van der Waals surface area contributed by atoms with Gasteiger partial charge in [0.1, 0.15) is 0 Å². The molecule has 0 radical (unpaired) electrons. The van der Waals surface area contributed by atoms with Crippen LogP contribution in [0.1, 0.15) is 19.4 Å². The predicted octanol–water partition coefficient (Wildman–Crippen LogP) is 3.02. The second-order valence-electron chi connectivity index (χ2n) is 7.28. The van der Waals surface area contributed by atoms with Crippen LogP contribution in [0.25, 0.3) is 0 Å². The van der Waals surface area contributed by atoms with Crippen molar-refractivity contribution in [2.75, 3.05) is 53.0 Å². The van der Waals surface area contributed by atoms with E-state index in [1.165, 1.54) is 5.56 Å². The predicted molar refractivity (Wildman–Crippen MR) is 121 cm³/mol.